The van der Waals surface area contributed by atoms with Crippen molar-refractivity contribution in [2.45, 2.75) is 52.7 Å². The fraction of sp³-hybridized carbons (Fsp3) is 0.588. The zero-order valence-corrected chi connectivity index (χ0v) is 13.3. The number of carbonyl (C=O) groups excluding carboxylic acids is 1. The minimum Gasteiger partial charge on any atom is -0.388 e. The van der Waals surface area contributed by atoms with E-state index in [0.29, 0.717) is 17.9 Å². The van der Waals surface area contributed by atoms with Crippen molar-refractivity contribution in [3.05, 3.63) is 35.6 Å². The van der Waals surface area contributed by atoms with Crippen LogP contribution in [0.15, 0.2) is 24.3 Å². The first-order valence-electron chi connectivity index (χ1n) is 7.59. The molecule has 0 fully saturated rings. The van der Waals surface area contributed by atoms with Crippen molar-refractivity contribution in [1.82, 2.24) is 5.32 Å². The zero-order chi connectivity index (χ0) is 16.0. The molecule has 1 amide bonds. The molecule has 4 atom stereocenters. The van der Waals surface area contributed by atoms with E-state index in [9.17, 15) is 14.3 Å². The highest BCUT2D eigenvalue weighted by molar-refractivity contribution is 5.78. The molecule has 4 heteroatoms. The van der Waals surface area contributed by atoms with Crippen LogP contribution in [0.5, 0.6) is 0 Å². The summed E-state index contributed by atoms with van der Waals surface area (Å²) < 4.78 is 12.8. The van der Waals surface area contributed by atoms with Crippen LogP contribution in [0.25, 0.3) is 0 Å². The normalized spacial score (nSPS) is 16.9. The average Bonchev–Trinajstić information content (AvgIpc) is 2.45. The van der Waals surface area contributed by atoms with Gasteiger partial charge in [0.1, 0.15) is 5.82 Å². The Morgan fingerprint density at radius 2 is 1.81 bits per heavy atom. The summed E-state index contributed by atoms with van der Waals surface area (Å²) in [6.45, 7) is 7.92. The van der Waals surface area contributed by atoms with Gasteiger partial charge in [0.25, 0.3) is 0 Å². The maximum absolute atomic E-state index is 12.8. The van der Waals surface area contributed by atoms with Gasteiger partial charge in [-0.05, 0) is 37.0 Å². The van der Waals surface area contributed by atoms with Gasteiger partial charge in [0.05, 0.1) is 6.10 Å². The Morgan fingerprint density at radius 3 is 2.33 bits per heavy atom. The number of hydrogen-bond donors (Lipinski definition) is 2. The molecule has 1 rings (SSSR count). The summed E-state index contributed by atoms with van der Waals surface area (Å²) in [5.41, 5.74) is 0.660. The lowest BCUT2D eigenvalue weighted by molar-refractivity contribution is -0.126. The number of rotatable bonds is 7. The first kappa shape index (κ1) is 17.6. The molecular weight excluding hydrogens is 269 g/mol. The zero-order valence-electron chi connectivity index (χ0n) is 13.3. The molecule has 0 aromatic heterocycles. The molecular formula is C17H26FNO2. The molecule has 0 aliphatic carbocycles. The predicted molar refractivity (Wildman–Crippen MR) is 82.2 cm³/mol. The van der Waals surface area contributed by atoms with E-state index < -0.39 is 6.10 Å². The van der Waals surface area contributed by atoms with Gasteiger partial charge in [0, 0.05) is 12.0 Å². The minimum absolute atomic E-state index is 0.0168. The first-order valence-corrected chi connectivity index (χ1v) is 7.59. The number of carbonyl (C=O) groups is 1. The van der Waals surface area contributed by atoms with Gasteiger partial charge in [-0.15, -0.1) is 0 Å². The molecule has 0 bridgehead atoms. The number of nitrogens with one attached hydrogen (secondary N) is 1. The molecule has 1 aromatic rings. The monoisotopic (exact) mass is 295 g/mol. The van der Waals surface area contributed by atoms with E-state index >= 15 is 0 Å². The minimum atomic E-state index is -0.709. The molecule has 2 N–H and O–H groups in total. The van der Waals surface area contributed by atoms with Gasteiger partial charge in [0.2, 0.25) is 5.91 Å². The Hall–Kier alpha value is -1.42. The lowest BCUT2D eigenvalue weighted by Crippen LogP contribution is -2.39. The van der Waals surface area contributed by atoms with Crippen LogP contribution in [0.1, 0.15) is 52.2 Å². The van der Waals surface area contributed by atoms with E-state index in [2.05, 4.69) is 19.2 Å². The summed E-state index contributed by atoms with van der Waals surface area (Å²) in [5.74, 6) is -0.0162. The summed E-state index contributed by atoms with van der Waals surface area (Å²) in [5, 5.41) is 13.0. The molecule has 21 heavy (non-hydrogen) atoms. The number of benzene rings is 1. The third-order valence-corrected chi connectivity index (χ3v) is 4.13. The second kappa shape index (κ2) is 8.13. The van der Waals surface area contributed by atoms with Gasteiger partial charge < -0.3 is 10.4 Å². The van der Waals surface area contributed by atoms with Crippen LogP contribution in [-0.2, 0) is 4.79 Å². The molecule has 0 saturated carbocycles. The fourth-order valence-corrected chi connectivity index (χ4v) is 2.20. The molecule has 1 aromatic carbocycles. The molecule has 0 radical (unpaired) electrons. The summed E-state index contributed by atoms with van der Waals surface area (Å²) in [7, 11) is 0. The highest BCUT2D eigenvalue weighted by atomic mass is 19.1. The number of aliphatic hydroxyl groups is 1. The van der Waals surface area contributed by atoms with Crippen molar-refractivity contribution < 1.29 is 14.3 Å². The number of halogens is 1. The highest BCUT2D eigenvalue weighted by Crippen LogP contribution is 2.20. The van der Waals surface area contributed by atoms with Crippen LogP contribution < -0.4 is 5.32 Å². The molecule has 0 saturated heterocycles. The summed E-state index contributed by atoms with van der Waals surface area (Å²) >= 11 is 0. The largest absolute Gasteiger partial charge is 0.388 e. The summed E-state index contributed by atoms with van der Waals surface area (Å²) in [4.78, 5) is 12.1. The molecule has 0 spiro atoms. The quantitative estimate of drug-likeness (QED) is 0.809. The van der Waals surface area contributed by atoms with Crippen molar-refractivity contribution in [3.63, 3.8) is 0 Å². The third kappa shape index (κ3) is 5.46. The lowest BCUT2D eigenvalue weighted by Gasteiger charge is -2.23. The summed E-state index contributed by atoms with van der Waals surface area (Å²) in [6.07, 6.45) is 0.658. The molecule has 0 aliphatic heterocycles. The number of hydrogen-bond acceptors (Lipinski definition) is 2. The Labute approximate surface area is 126 Å². The maximum Gasteiger partial charge on any atom is 0.223 e. The Balaban J connectivity index is 2.51. The van der Waals surface area contributed by atoms with E-state index in [0.717, 1.165) is 6.42 Å². The lowest BCUT2D eigenvalue weighted by atomic mass is 9.92. The van der Waals surface area contributed by atoms with Crippen molar-refractivity contribution in [2.24, 2.45) is 11.8 Å². The highest BCUT2D eigenvalue weighted by Gasteiger charge is 2.21. The molecule has 118 valence electrons. The van der Waals surface area contributed by atoms with Gasteiger partial charge in [0.15, 0.2) is 0 Å². The topological polar surface area (TPSA) is 49.3 Å². The van der Waals surface area contributed by atoms with Crippen LogP contribution in [0.3, 0.4) is 0 Å². The van der Waals surface area contributed by atoms with Crippen LogP contribution in [0, 0.1) is 17.7 Å². The van der Waals surface area contributed by atoms with E-state index in [1.807, 2.05) is 13.8 Å². The van der Waals surface area contributed by atoms with Crippen LogP contribution in [-0.4, -0.2) is 17.1 Å². The first-order chi connectivity index (χ1) is 9.85. The second-order valence-corrected chi connectivity index (χ2v) is 5.89. The molecule has 3 nitrogen and oxygen atoms in total. The standard InChI is InChI=1S/C17H26FNO2/c1-5-11(2)13(4)17(21)19-12(3)10-16(20)14-6-8-15(18)9-7-14/h6-9,11-13,16,20H,5,10H2,1-4H3,(H,19,21). The number of aliphatic hydroxyl groups excluding tert-OH is 1. The van der Waals surface area contributed by atoms with Crippen LogP contribution >= 0.6 is 0 Å². The van der Waals surface area contributed by atoms with Crippen LogP contribution in [0.4, 0.5) is 4.39 Å². The number of amides is 1. The maximum atomic E-state index is 12.8. The predicted octanol–water partition coefficient (Wildman–Crippen LogP) is 3.44. The van der Waals surface area contributed by atoms with Crippen LogP contribution in [0.2, 0.25) is 0 Å². The molecule has 4 unspecified atom stereocenters. The van der Waals surface area contributed by atoms with E-state index in [1.165, 1.54) is 12.1 Å². The Bertz CT molecular complexity index is 447. The Kier molecular flexibility index (Phi) is 6.82. The Morgan fingerprint density at radius 1 is 1.24 bits per heavy atom. The van der Waals surface area contributed by atoms with Gasteiger partial charge in [-0.25, -0.2) is 4.39 Å². The van der Waals surface area contributed by atoms with E-state index in [-0.39, 0.29) is 23.7 Å². The SMILES string of the molecule is CCC(C)C(C)C(=O)NC(C)CC(O)c1ccc(F)cc1. The van der Waals surface area contributed by atoms with Crippen molar-refractivity contribution >= 4 is 5.91 Å². The second-order valence-electron chi connectivity index (χ2n) is 5.89. The van der Waals surface area contributed by atoms with E-state index in [4.69, 9.17) is 0 Å². The van der Waals surface area contributed by atoms with Gasteiger partial charge in [-0.2, -0.15) is 0 Å². The average molecular weight is 295 g/mol. The smallest absolute Gasteiger partial charge is 0.223 e. The van der Waals surface area contributed by atoms with Crippen molar-refractivity contribution in [1.29, 1.82) is 0 Å². The van der Waals surface area contributed by atoms with Crippen molar-refractivity contribution in [2.75, 3.05) is 0 Å². The van der Waals surface area contributed by atoms with Gasteiger partial charge in [-0.3, -0.25) is 4.79 Å². The third-order valence-electron chi connectivity index (χ3n) is 4.13. The fourth-order valence-electron chi connectivity index (χ4n) is 2.20. The molecule has 0 heterocycles. The van der Waals surface area contributed by atoms with Crippen molar-refractivity contribution in [3.8, 4) is 0 Å². The van der Waals surface area contributed by atoms with Gasteiger partial charge >= 0.3 is 0 Å². The summed E-state index contributed by atoms with van der Waals surface area (Å²) in [6, 6.07) is 5.65. The van der Waals surface area contributed by atoms with E-state index in [1.54, 1.807) is 12.1 Å². The molecule has 0 aliphatic rings. The van der Waals surface area contributed by atoms with Gasteiger partial charge in [-0.1, -0.05) is 39.3 Å².